The first-order valence-electron chi connectivity index (χ1n) is 6.53. The van der Waals surface area contributed by atoms with E-state index < -0.39 is 10.0 Å². The van der Waals surface area contributed by atoms with E-state index in [4.69, 9.17) is 0 Å². The average molecular weight is 307 g/mol. The van der Waals surface area contributed by atoms with Gasteiger partial charge in [-0.05, 0) is 25.0 Å². The van der Waals surface area contributed by atoms with Crippen molar-refractivity contribution in [1.82, 2.24) is 15.0 Å². The first-order valence-corrected chi connectivity index (χ1v) is 8.01. The van der Waals surface area contributed by atoms with Gasteiger partial charge >= 0.3 is 0 Å². The van der Waals surface area contributed by atoms with Crippen molar-refractivity contribution in [3.63, 3.8) is 0 Å². The second-order valence-corrected chi connectivity index (χ2v) is 6.13. The van der Waals surface area contributed by atoms with Gasteiger partial charge in [-0.1, -0.05) is 13.0 Å². The van der Waals surface area contributed by atoms with Crippen LogP contribution >= 0.6 is 0 Å². The largest absolute Gasteiger partial charge is 0.354 e. The molecule has 112 valence electrons. The van der Waals surface area contributed by atoms with Crippen LogP contribution in [-0.4, -0.2) is 29.9 Å². The molecule has 2 N–H and O–H groups in total. The van der Waals surface area contributed by atoms with Crippen LogP contribution in [0.3, 0.4) is 0 Å². The Labute approximate surface area is 123 Å². The van der Waals surface area contributed by atoms with Crippen molar-refractivity contribution in [3.05, 3.63) is 36.3 Å². The molecule has 0 fully saturated rings. The molecule has 0 saturated heterocycles. The summed E-state index contributed by atoms with van der Waals surface area (Å²) in [6, 6.07) is 3.52. The molecule has 0 aromatic carbocycles. The van der Waals surface area contributed by atoms with Gasteiger partial charge in [-0.2, -0.15) is 0 Å². The minimum Gasteiger partial charge on any atom is -0.354 e. The van der Waals surface area contributed by atoms with Crippen LogP contribution in [-0.2, 0) is 10.0 Å². The number of sulfonamides is 1. The molecule has 2 aromatic rings. The molecule has 0 aliphatic heterocycles. The fourth-order valence-corrected chi connectivity index (χ4v) is 2.53. The number of rotatable bonds is 6. The third-order valence-electron chi connectivity index (χ3n) is 2.71. The van der Waals surface area contributed by atoms with Gasteiger partial charge in [0.25, 0.3) is 10.0 Å². The summed E-state index contributed by atoms with van der Waals surface area (Å²) in [4.78, 5) is 12.0. The van der Waals surface area contributed by atoms with Crippen LogP contribution in [0.5, 0.6) is 0 Å². The lowest BCUT2D eigenvalue weighted by molar-refractivity contribution is 0.600. The Hall–Kier alpha value is -2.22. The summed E-state index contributed by atoms with van der Waals surface area (Å²) >= 11 is 0. The summed E-state index contributed by atoms with van der Waals surface area (Å²) in [5, 5.41) is 2.98. The van der Waals surface area contributed by atoms with Crippen molar-refractivity contribution in [1.29, 1.82) is 0 Å². The highest BCUT2D eigenvalue weighted by atomic mass is 32.2. The summed E-state index contributed by atoms with van der Waals surface area (Å²) in [7, 11) is -3.74. The fourth-order valence-electron chi connectivity index (χ4n) is 1.56. The van der Waals surface area contributed by atoms with E-state index in [1.54, 1.807) is 19.1 Å². The van der Waals surface area contributed by atoms with Gasteiger partial charge in [-0.25, -0.2) is 23.4 Å². The first kappa shape index (κ1) is 15.2. The van der Waals surface area contributed by atoms with E-state index in [2.05, 4.69) is 25.0 Å². The van der Waals surface area contributed by atoms with Gasteiger partial charge in [0, 0.05) is 12.7 Å². The highest BCUT2D eigenvalue weighted by molar-refractivity contribution is 7.92. The summed E-state index contributed by atoms with van der Waals surface area (Å²) in [6.07, 6.45) is 5.00. The van der Waals surface area contributed by atoms with E-state index in [0.29, 0.717) is 11.8 Å². The van der Waals surface area contributed by atoms with Gasteiger partial charge in [-0.3, -0.25) is 4.72 Å². The van der Waals surface area contributed by atoms with E-state index in [0.717, 1.165) is 18.5 Å². The standard InChI is InChI=1S/C13H17N5O2S/c1-3-6-15-13-16-8-11(9-17-13)21(19,20)18-12-10(2)5-4-7-14-12/h4-5,7-9H,3,6H2,1-2H3,(H,14,18)(H,15,16,17). The lowest BCUT2D eigenvalue weighted by Gasteiger charge is -2.09. The number of hydrogen-bond acceptors (Lipinski definition) is 6. The van der Waals surface area contributed by atoms with E-state index in [1.807, 2.05) is 6.92 Å². The van der Waals surface area contributed by atoms with Crippen LogP contribution < -0.4 is 10.0 Å². The Morgan fingerprint density at radius 1 is 1.19 bits per heavy atom. The molecule has 0 spiro atoms. The van der Waals surface area contributed by atoms with E-state index in [9.17, 15) is 8.42 Å². The molecule has 0 aliphatic carbocycles. The number of aromatic nitrogens is 3. The number of aryl methyl sites for hydroxylation is 1. The zero-order valence-corrected chi connectivity index (χ0v) is 12.7. The Balaban J connectivity index is 2.18. The molecule has 0 unspecified atom stereocenters. The van der Waals surface area contributed by atoms with Gasteiger partial charge in [0.15, 0.2) is 0 Å². The van der Waals surface area contributed by atoms with Crippen LogP contribution in [0.4, 0.5) is 11.8 Å². The fraction of sp³-hybridized carbons (Fsp3) is 0.308. The van der Waals surface area contributed by atoms with Crippen LogP contribution in [0.2, 0.25) is 0 Å². The topological polar surface area (TPSA) is 96.9 Å². The number of nitrogens with zero attached hydrogens (tertiary/aromatic N) is 3. The van der Waals surface area contributed by atoms with Crippen molar-refractivity contribution >= 4 is 21.8 Å². The Kier molecular flexibility index (Phi) is 4.69. The number of nitrogens with one attached hydrogen (secondary N) is 2. The molecule has 2 aromatic heterocycles. The Bertz CT molecular complexity index is 701. The second-order valence-electron chi connectivity index (χ2n) is 4.44. The molecule has 0 amide bonds. The molecule has 21 heavy (non-hydrogen) atoms. The van der Waals surface area contributed by atoms with Crippen molar-refractivity contribution in [3.8, 4) is 0 Å². The first-order chi connectivity index (χ1) is 10.0. The minimum atomic E-state index is -3.74. The van der Waals surface area contributed by atoms with Gasteiger partial charge < -0.3 is 5.32 Å². The van der Waals surface area contributed by atoms with Crippen molar-refractivity contribution in [2.24, 2.45) is 0 Å². The smallest absolute Gasteiger partial charge is 0.266 e. The maximum atomic E-state index is 12.2. The lowest BCUT2D eigenvalue weighted by atomic mass is 10.3. The molecule has 0 bridgehead atoms. The van der Waals surface area contributed by atoms with Gasteiger partial charge in [-0.15, -0.1) is 0 Å². The summed E-state index contributed by atoms with van der Waals surface area (Å²) in [5.41, 5.74) is 0.739. The monoisotopic (exact) mass is 307 g/mol. The van der Waals surface area contributed by atoms with Gasteiger partial charge in [0.2, 0.25) is 5.95 Å². The molecule has 0 atom stereocenters. The quantitative estimate of drug-likeness (QED) is 0.844. The molecule has 7 nitrogen and oxygen atoms in total. The maximum Gasteiger partial charge on any atom is 0.266 e. The highest BCUT2D eigenvalue weighted by Gasteiger charge is 2.17. The number of pyridine rings is 1. The maximum absolute atomic E-state index is 12.2. The lowest BCUT2D eigenvalue weighted by Crippen LogP contribution is -2.16. The molecule has 8 heteroatoms. The van der Waals surface area contributed by atoms with E-state index in [1.165, 1.54) is 18.6 Å². The van der Waals surface area contributed by atoms with Crippen LogP contribution in [0.15, 0.2) is 35.6 Å². The zero-order valence-electron chi connectivity index (χ0n) is 11.9. The van der Waals surface area contributed by atoms with Crippen molar-refractivity contribution < 1.29 is 8.42 Å². The molecule has 0 aliphatic rings. The third kappa shape index (κ3) is 3.88. The van der Waals surface area contributed by atoms with Gasteiger partial charge in [0.05, 0.1) is 12.4 Å². The Morgan fingerprint density at radius 2 is 1.90 bits per heavy atom. The molecule has 0 radical (unpaired) electrons. The zero-order chi connectivity index (χ0) is 15.3. The predicted molar refractivity (Wildman–Crippen MR) is 80.6 cm³/mol. The minimum absolute atomic E-state index is 0.00500. The van der Waals surface area contributed by atoms with E-state index in [-0.39, 0.29) is 4.90 Å². The van der Waals surface area contributed by atoms with Crippen LogP contribution in [0.1, 0.15) is 18.9 Å². The predicted octanol–water partition coefficient (Wildman–Crippen LogP) is 1.80. The molecule has 2 heterocycles. The Morgan fingerprint density at radius 3 is 2.52 bits per heavy atom. The third-order valence-corrected chi connectivity index (χ3v) is 4.01. The average Bonchev–Trinajstić information content (AvgIpc) is 2.48. The van der Waals surface area contributed by atoms with Crippen molar-refractivity contribution in [2.45, 2.75) is 25.2 Å². The normalized spacial score (nSPS) is 11.1. The molecule has 2 rings (SSSR count). The van der Waals surface area contributed by atoms with Crippen LogP contribution in [0.25, 0.3) is 0 Å². The summed E-state index contributed by atoms with van der Waals surface area (Å²) in [6.45, 7) is 4.53. The molecular weight excluding hydrogens is 290 g/mol. The second kappa shape index (κ2) is 6.49. The molecular formula is C13H17N5O2S. The van der Waals surface area contributed by atoms with Crippen LogP contribution in [0, 0.1) is 6.92 Å². The van der Waals surface area contributed by atoms with Crippen molar-refractivity contribution in [2.75, 3.05) is 16.6 Å². The number of hydrogen-bond donors (Lipinski definition) is 2. The number of anilines is 2. The highest BCUT2D eigenvalue weighted by Crippen LogP contribution is 2.16. The summed E-state index contributed by atoms with van der Waals surface area (Å²) < 4.78 is 26.9. The van der Waals surface area contributed by atoms with Gasteiger partial charge in [0.1, 0.15) is 10.7 Å². The van der Waals surface area contributed by atoms with E-state index >= 15 is 0 Å². The SMILES string of the molecule is CCCNc1ncc(S(=O)(=O)Nc2ncccc2C)cn1. The molecule has 0 saturated carbocycles. The summed E-state index contributed by atoms with van der Waals surface area (Å²) in [5.74, 6) is 0.704.